The fraction of sp³-hybridized carbons (Fsp3) is 0.467. The molecule has 0 radical (unpaired) electrons. The Balaban J connectivity index is 2.32. The lowest BCUT2D eigenvalue weighted by Gasteiger charge is -2.16. The molecule has 0 aromatic carbocycles. The summed E-state index contributed by atoms with van der Waals surface area (Å²) in [7, 11) is 1.61. The van der Waals surface area contributed by atoms with E-state index in [0.29, 0.717) is 18.3 Å². The van der Waals surface area contributed by atoms with Crippen molar-refractivity contribution >= 4 is 39.6 Å². The molecule has 0 bridgehead atoms. The Morgan fingerprint density at radius 1 is 1.21 bits per heavy atom. The lowest BCUT2D eigenvalue weighted by atomic mass is 10.2. The van der Waals surface area contributed by atoms with E-state index < -0.39 is 11.9 Å². The summed E-state index contributed by atoms with van der Waals surface area (Å²) < 4.78 is 0.810. The number of urea groups is 1. The molecule has 3 N–H and O–H groups in total. The molecule has 0 aliphatic carbocycles. The first-order valence-electron chi connectivity index (χ1n) is 7.44. The van der Waals surface area contributed by atoms with Crippen LogP contribution >= 0.6 is 15.9 Å². The topological polar surface area (TPSA) is 103 Å². The molecule has 0 aliphatic rings. The lowest BCUT2D eigenvalue weighted by molar-refractivity contribution is -0.122. The Labute approximate surface area is 149 Å². The summed E-state index contributed by atoms with van der Waals surface area (Å²) in [6.07, 6.45) is 1.57. The summed E-state index contributed by atoms with van der Waals surface area (Å²) in [6, 6.07) is 2.88. The first-order valence-corrected chi connectivity index (χ1v) is 8.23. The molecule has 1 rings (SSSR count). The van der Waals surface area contributed by atoms with Gasteiger partial charge < -0.3 is 10.6 Å². The van der Waals surface area contributed by atoms with Gasteiger partial charge in [0.15, 0.2) is 0 Å². The van der Waals surface area contributed by atoms with Crippen molar-refractivity contribution in [1.29, 1.82) is 0 Å². The number of likely N-dealkylation sites (N-methyl/N-ethyl adjacent to an activating group) is 1. The van der Waals surface area contributed by atoms with Crippen molar-refractivity contribution in [3.8, 4) is 0 Å². The zero-order chi connectivity index (χ0) is 18.1. The Bertz CT molecular complexity index is 577. The molecule has 0 unspecified atom stereocenters. The van der Waals surface area contributed by atoms with Crippen LogP contribution in [0.15, 0.2) is 22.8 Å². The zero-order valence-corrected chi connectivity index (χ0v) is 15.5. The minimum atomic E-state index is -0.536. The number of halogens is 1. The predicted molar refractivity (Wildman–Crippen MR) is 94.4 cm³/mol. The molecule has 132 valence electrons. The van der Waals surface area contributed by atoms with E-state index in [1.165, 1.54) is 4.90 Å². The lowest BCUT2D eigenvalue weighted by Crippen LogP contribution is -2.45. The number of amides is 4. The highest BCUT2D eigenvalue weighted by Crippen LogP contribution is 2.10. The van der Waals surface area contributed by atoms with Crippen molar-refractivity contribution in [2.45, 2.75) is 13.8 Å². The molecule has 0 spiro atoms. The number of nitrogens with one attached hydrogen (secondary N) is 3. The second-order valence-corrected chi connectivity index (χ2v) is 6.65. The van der Waals surface area contributed by atoms with Gasteiger partial charge in [-0.3, -0.25) is 19.8 Å². The van der Waals surface area contributed by atoms with E-state index in [4.69, 9.17) is 0 Å². The van der Waals surface area contributed by atoms with Gasteiger partial charge >= 0.3 is 6.03 Å². The van der Waals surface area contributed by atoms with Crippen LogP contribution in [0.25, 0.3) is 0 Å². The van der Waals surface area contributed by atoms with Gasteiger partial charge in [-0.2, -0.15) is 0 Å². The van der Waals surface area contributed by atoms with Crippen LogP contribution in [0.5, 0.6) is 0 Å². The van der Waals surface area contributed by atoms with Gasteiger partial charge in [-0.15, -0.1) is 0 Å². The Kier molecular flexibility index (Phi) is 8.34. The third-order valence-corrected chi connectivity index (χ3v) is 3.21. The molecular formula is C15H22BrN5O3. The van der Waals surface area contributed by atoms with Crippen LogP contribution in [-0.2, 0) is 9.59 Å². The number of imide groups is 1. The van der Waals surface area contributed by atoms with Gasteiger partial charge in [-0.05, 0) is 41.0 Å². The summed E-state index contributed by atoms with van der Waals surface area (Å²) >= 11 is 3.26. The third-order valence-electron chi connectivity index (χ3n) is 2.75. The highest BCUT2D eigenvalue weighted by atomic mass is 79.9. The van der Waals surface area contributed by atoms with Crippen molar-refractivity contribution in [3.05, 3.63) is 22.8 Å². The van der Waals surface area contributed by atoms with E-state index in [0.717, 1.165) is 4.47 Å². The van der Waals surface area contributed by atoms with Gasteiger partial charge in [0.2, 0.25) is 11.8 Å². The molecule has 0 aliphatic heterocycles. The summed E-state index contributed by atoms with van der Waals surface area (Å²) in [5.74, 6) is -0.0590. The first-order chi connectivity index (χ1) is 11.3. The number of nitrogens with zero attached hydrogens (tertiary/aromatic N) is 2. The van der Waals surface area contributed by atoms with Crippen molar-refractivity contribution in [2.75, 3.05) is 32.0 Å². The number of aromatic nitrogens is 1. The van der Waals surface area contributed by atoms with E-state index in [1.807, 2.05) is 13.8 Å². The fourth-order valence-corrected chi connectivity index (χ4v) is 1.92. The van der Waals surface area contributed by atoms with Gasteiger partial charge in [0.25, 0.3) is 0 Å². The van der Waals surface area contributed by atoms with Crippen LogP contribution in [0, 0.1) is 5.92 Å². The Hall–Kier alpha value is -2.00. The van der Waals surface area contributed by atoms with Crippen LogP contribution in [0.4, 0.5) is 10.6 Å². The van der Waals surface area contributed by atoms with Gasteiger partial charge in [-0.25, -0.2) is 9.78 Å². The zero-order valence-electron chi connectivity index (χ0n) is 13.9. The number of hydrogen-bond acceptors (Lipinski definition) is 5. The van der Waals surface area contributed by atoms with Gasteiger partial charge in [0.1, 0.15) is 5.82 Å². The van der Waals surface area contributed by atoms with Crippen molar-refractivity contribution < 1.29 is 14.4 Å². The third kappa shape index (κ3) is 8.59. The highest BCUT2D eigenvalue weighted by Gasteiger charge is 2.13. The molecule has 1 aromatic rings. The van der Waals surface area contributed by atoms with Crippen molar-refractivity contribution in [1.82, 2.24) is 20.5 Å². The minimum absolute atomic E-state index is 0.00121. The number of carbonyl (C=O) groups is 3. The summed E-state index contributed by atoms with van der Waals surface area (Å²) in [4.78, 5) is 40.6. The number of pyridine rings is 1. The molecule has 0 atom stereocenters. The van der Waals surface area contributed by atoms with E-state index in [-0.39, 0.29) is 19.0 Å². The Morgan fingerprint density at radius 2 is 1.88 bits per heavy atom. The average Bonchev–Trinajstić information content (AvgIpc) is 2.47. The standard InChI is InChI=1S/C15H22BrN5O3/c1-10(2)6-18-15(24)20-14(23)9-21(3)8-13(22)19-12-5-4-11(16)7-17-12/h4-5,7,10H,6,8-9H2,1-3H3,(H,17,19,22)(H2,18,20,23,24). The number of rotatable bonds is 7. The molecule has 1 aromatic heterocycles. The normalized spacial score (nSPS) is 10.6. The smallest absolute Gasteiger partial charge is 0.321 e. The first kappa shape index (κ1) is 20.0. The summed E-state index contributed by atoms with van der Waals surface area (Å²) in [5, 5.41) is 7.42. The molecule has 0 fully saturated rings. The van der Waals surface area contributed by atoms with Gasteiger partial charge in [0, 0.05) is 17.2 Å². The van der Waals surface area contributed by atoms with Crippen molar-refractivity contribution in [2.24, 2.45) is 5.92 Å². The van der Waals surface area contributed by atoms with Crippen molar-refractivity contribution in [3.63, 3.8) is 0 Å². The monoisotopic (exact) mass is 399 g/mol. The molecule has 0 saturated carbocycles. The van der Waals surface area contributed by atoms with Gasteiger partial charge in [0.05, 0.1) is 13.1 Å². The second kappa shape index (κ2) is 9.99. The predicted octanol–water partition coefficient (Wildman–Crippen LogP) is 1.20. The number of carbonyl (C=O) groups excluding carboxylic acids is 3. The SMILES string of the molecule is CC(C)CNC(=O)NC(=O)CN(C)CC(=O)Nc1ccc(Br)cn1. The van der Waals surface area contributed by atoms with E-state index in [9.17, 15) is 14.4 Å². The maximum absolute atomic E-state index is 11.9. The maximum atomic E-state index is 11.9. The summed E-state index contributed by atoms with van der Waals surface area (Å²) in [6.45, 7) is 4.32. The molecule has 24 heavy (non-hydrogen) atoms. The maximum Gasteiger partial charge on any atom is 0.321 e. The largest absolute Gasteiger partial charge is 0.338 e. The van der Waals surface area contributed by atoms with Crippen LogP contribution < -0.4 is 16.0 Å². The number of hydrogen-bond donors (Lipinski definition) is 3. The van der Waals surface area contributed by atoms with E-state index in [2.05, 4.69) is 36.9 Å². The minimum Gasteiger partial charge on any atom is -0.338 e. The van der Waals surface area contributed by atoms with Crippen LogP contribution in [-0.4, -0.2) is 54.4 Å². The molecule has 8 nitrogen and oxygen atoms in total. The van der Waals surface area contributed by atoms with E-state index >= 15 is 0 Å². The molecule has 0 saturated heterocycles. The average molecular weight is 400 g/mol. The van der Waals surface area contributed by atoms with Crippen LogP contribution in [0.3, 0.4) is 0 Å². The molecule has 1 heterocycles. The summed E-state index contributed by atoms with van der Waals surface area (Å²) in [5.41, 5.74) is 0. The van der Waals surface area contributed by atoms with E-state index in [1.54, 1.807) is 25.4 Å². The Morgan fingerprint density at radius 3 is 2.46 bits per heavy atom. The van der Waals surface area contributed by atoms with Gasteiger partial charge in [-0.1, -0.05) is 13.8 Å². The second-order valence-electron chi connectivity index (χ2n) is 5.73. The quantitative estimate of drug-likeness (QED) is 0.638. The molecule has 4 amide bonds. The fourth-order valence-electron chi connectivity index (χ4n) is 1.69. The molecular weight excluding hydrogens is 378 g/mol. The molecule has 9 heteroatoms. The number of anilines is 1. The van der Waals surface area contributed by atoms with Crippen LogP contribution in [0.1, 0.15) is 13.8 Å². The van der Waals surface area contributed by atoms with Crippen LogP contribution in [0.2, 0.25) is 0 Å². The highest BCUT2D eigenvalue weighted by molar-refractivity contribution is 9.10.